The Morgan fingerprint density at radius 1 is 1.38 bits per heavy atom. The Kier molecular flexibility index (Phi) is 6.78. The van der Waals surface area contributed by atoms with E-state index in [0.717, 1.165) is 6.54 Å². The third-order valence-corrected chi connectivity index (χ3v) is 4.93. The van der Waals surface area contributed by atoms with Gasteiger partial charge in [0.05, 0.1) is 18.1 Å². The van der Waals surface area contributed by atoms with E-state index in [1.54, 1.807) is 25.8 Å². The first-order chi connectivity index (χ1) is 12.2. The summed E-state index contributed by atoms with van der Waals surface area (Å²) in [6.45, 7) is 7.97. The summed E-state index contributed by atoms with van der Waals surface area (Å²) in [5, 5.41) is 12.7. The first-order valence-corrected chi connectivity index (χ1v) is 9.20. The van der Waals surface area contributed by atoms with Gasteiger partial charge in [0.2, 0.25) is 11.8 Å². The molecule has 0 saturated carbocycles. The van der Waals surface area contributed by atoms with Crippen molar-refractivity contribution in [3.63, 3.8) is 0 Å². The number of nitrogens with zero attached hydrogens (tertiary/aromatic N) is 2. The lowest BCUT2D eigenvalue weighted by atomic mass is 10.0. The highest BCUT2D eigenvalue weighted by molar-refractivity contribution is 5.88. The number of carbonyl (C=O) groups excluding carboxylic acids is 2. The quantitative estimate of drug-likeness (QED) is 0.768. The number of aliphatic hydroxyl groups is 1. The largest absolute Gasteiger partial charge is 0.390 e. The van der Waals surface area contributed by atoms with Crippen molar-refractivity contribution in [2.75, 3.05) is 26.7 Å². The Bertz CT molecular complexity index is 639. The minimum Gasteiger partial charge on any atom is -0.390 e. The summed E-state index contributed by atoms with van der Waals surface area (Å²) in [5.41, 5.74) is 1.55. The monoisotopic (exact) mass is 361 g/mol. The molecule has 0 spiro atoms. The smallest absolute Gasteiger partial charge is 0.237 e. The van der Waals surface area contributed by atoms with E-state index in [4.69, 9.17) is 0 Å². The van der Waals surface area contributed by atoms with Gasteiger partial charge in [0.1, 0.15) is 0 Å². The fourth-order valence-electron chi connectivity index (χ4n) is 3.07. The van der Waals surface area contributed by atoms with Crippen molar-refractivity contribution in [2.24, 2.45) is 0 Å². The Balaban J connectivity index is 2.02. The van der Waals surface area contributed by atoms with E-state index in [0.29, 0.717) is 26.1 Å². The third kappa shape index (κ3) is 5.81. The molecule has 1 atom stereocenters. The van der Waals surface area contributed by atoms with Crippen LogP contribution in [0.5, 0.6) is 0 Å². The van der Waals surface area contributed by atoms with E-state index in [1.807, 2.05) is 12.1 Å². The Morgan fingerprint density at radius 3 is 2.73 bits per heavy atom. The summed E-state index contributed by atoms with van der Waals surface area (Å²) in [7, 11) is 1.72. The molecule has 0 radical (unpaired) electrons. The first-order valence-electron chi connectivity index (χ1n) is 9.20. The summed E-state index contributed by atoms with van der Waals surface area (Å²) in [4.78, 5) is 28.7. The predicted molar refractivity (Wildman–Crippen MR) is 102 cm³/mol. The lowest BCUT2D eigenvalue weighted by molar-refractivity contribution is -0.138. The number of nitrogens with one attached hydrogen (secondary N) is 1. The summed E-state index contributed by atoms with van der Waals surface area (Å²) in [5.74, 6) is -0.167. The number of rotatable bonds is 7. The summed E-state index contributed by atoms with van der Waals surface area (Å²) < 4.78 is 0. The fraction of sp³-hybridized carbons (Fsp3) is 0.600. The van der Waals surface area contributed by atoms with E-state index < -0.39 is 11.6 Å². The van der Waals surface area contributed by atoms with Crippen molar-refractivity contribution in [1.82, 2.24) is 15.1 Å². The number of carbonyl (C=O) groups is 2. The van der Waals surface area contributed by atoms with Crippen LogP contribution in [0.1, 0.15) is 37.8 Å². The highest BCUT2D eigenvalue weighted by Crippen LogP contribution is 2.17. The highest BCUT2D eigenvalue weighted by Gasteiger charge is 2.32. The Morgan fingerprint density at radius 2 is 2.08 bits per heavy atom. The van der Waals surface area contributed by atoms with Crippen LogP contribution in [-0.4, -0.2) is 65.0 Å². The summed E-state index contributed by atoms with van der Waals surface area (Å²) >= 11 is 0. The van der Waals surface area contributed by atoms with E-state index >= 15 is 0 Å². The van der Waals surface area contributed by atoms with Gasteiger partial charge in [0.25, 0.3) is 0 Å². The molecular formula is C20H31N3O3. The van der Waals surface area contributed by atoms with Gasteiger partial charge in [0, 0.05) is 33.2 Å². The Hall–Kier alpha value is -1.92. The average Bonchev–Trinajstić information content (AvgIpc) is 2.57. The van der Waals surface area contributed by atoms with Crippen molar-refractivity contribution >= 4 is 11.8 Å². The molecule has 1 saturated heterocycles. The molecule has 1 aromatic carbocycles. The molecule has 1 heterocycles. The van der Waals surface area contributed by atoms with Gasteiger partial charge in [-0.15, -0.1) is 0 Å². The zero-order valence-corrected chi connectivity index (χ0v) is 16.3. The molecule has 1 aliphatic heterocycles. The molecular weight excluding hydrogens is 330 g/mol. The molecule has 1 aromatic rings. The van der Waals surface area contributed by atoms with Gasteiger partial charge in [-0.2, -0.15) is 0 Å². The van der Waals surface area contributed by atoms with Crippen LogP contribution in [0.4, 0.5) is 0 Å². The second-order valence-electron chi connectivity index (χ2n) is 7.79. The van der Waals surface area contributed by atoms with E-state index in [-0.39, 0.29) is 18.2 Å². The zero-order chi connectivity index (χ0) is 19.3. The second kappa shape index (κ2) is 8.64. The minimum absolute atomic E-state index is 0.0777. The van der Waals surface area contributed by atoms with Crippen molar-refractivity contribution < 1.29 is 14.7 Å². The highest BCUT2D eigenvalue weighted by atomic mass is 16.3. The van der Waals surface area contributed by atoms with Gasteiger partial charge >= 0.3 is 0 Å². The molecule has 26 heavy (non-hydrogen) atoms. The topological polar surface area (TPSA) is 72.9 Å². The molecule has 144 valence electrons. The van der Waals surface area contributed by atoms with Gasteiger partial charge in [-0.1, -0.05) is 24.3 Å². The summed E-state index contributed by atoms with van der Waals surface area (Å²) in [6, 6.07) is 7.66. The van der Waals surface area contributed by atoms with Gasteiger partial charge in [-0.05, 0) is 38.3 Å². The van der Waals surface area contributed by atoms with Crippen LogP contribution in [0, 0.1) is 6.92 Å². The molecule has 2 rings (SSSR count). The van der Waals surface area contributed by atoms with Gasteiger partial charge in [0.15, 0.2) is 0 Å². The molecule has 0 bridgehead atoms. The van der Waals surface area contributed by atoms with Gasteiger partial charge in [-0.3, -0.25) is 14.5 Å². The minimum atomic E-state index is -0.812. The molecule has 1 aliphatic rings. The van der Waals surface area contributed by atoms with Crippen LogP contribution in [0.3, 0.4) is 0 Å². The molecule has 1 unspecified atom stereocenters. The van der Waals surface area contributed by atoms with E-state index in [2.05, 4.69) is 29.3 Å². The normalized spacial score (nSPS) is 18.5. The molecule has 0 aliphatic carbocycles. The lowest BCUT2D eigenvalue weighted by Gasteiger charge is -2.36. The van der Waals surface area contributed by atoms with Crippen LogP contribution in [0.2, 0.25) is 0 Å². The third-order valence-electron chi connectivity index (χ3n) is 4.93. The second-order valence-corrected chi connectivity index (χ2v) is 7.79. The van der Waals surface area contributed by atoms with Crippen LogP contribution in [0.15, 0.2) is 24.3 Å². The summed E-state index contributed by atoms with van der Waals surface area (Å²) in [6.07, 6.45) is 0.652. The van der Waals surface area contributed by atoms with Gasteiger partial charge in [-0.25, -0.2) is 0 Å². The first kappa shape index (κ1) is 20.4. The number of hydrogen-bond donors (Lipinski definition) is 2. The molecule has 1 fully saturated rings. The molecule has 0 aromatic heterocycles. The van der Waals surface area contributed by atoms with Crippen LogP contribution in [-0.2, 0) is 16.1 Å². The van der Waals surface area contributed by atoms with Crippen molar-refractivity contribution in [2.45, 2.75) is 51.8 Å². The number of hydrogen-bond acceptors (Lipinski definition) is 4. The number of aryl methyl sites for hydroxylation is 1. The lowest BCUT2D eigenvalue weighted by Crippen LogP contribution is -2.56. The van der Waals surface area contributed by atoms with E-state index in [9.17, 15) is 14.7 Å². The Labute approximate surface area is 156 Å². The van der Waals surface area contributed by atoms with Crippen molar-refractivity contribution in [3.05, 3.63) is 35.4 Å². The predicted octanol–water partition coefficient (Wildman–Crippen LogP) is 1.30. The SMILES string of the molecule is Cc1ccccc1CN1CCNC(=O)C1CC(=O)N(C)CCC(C)(C)O. The van der Waals surface area contributed by atoms with Crippen molar-refractivity contribution in [1.29, 1.82) is 0 Å². The fourth-order valence-corrected chi connectivity index (χ4v) is 3.07. The van der Waals surface area contributed by atoms with E-state index in [1.165, 1.54) is 11.1 Å². The molecule has 2 N–H and O–H groups in total. The van der Waals surface area contributed by atoms with Crippen LogP contribution >= 0.6 is 0 Å². The standard InChI is InChI=1S/C20H31N3O3/c1-15-7-5-6-8-16(15)14-23-12-10-21-19(25)17(23)13-18(24)22(4)11-9-20(2,3)26/h5-8,17,26H,9-14H2,1-4H3,(H,21,25). The maximum absolute atomic E-state index is 12.6. The zero-order valence-electron chi connectivity index (χ0n) is 16.3. The van der Waals surface area contributed by atoms with Crippen LogP contribution in [0.25, 0.3) is 0 Å². The van der Waals surface area contributed by atoms with Gasteiger partial charge < -0.3 is 15.3 Å². The number of piperazine rings is 1. The maximum Gasteiger partial charge on any atom is 0.237 e. The average molecular weight is 361 g/mol. The van der Waals surface area contributed by atoms with Crippen LogP contribution < -0.4 is 5.32 Å². The number of benzene rings is 1. The molecule has 2 amide bonds. The maximum atomic E-state index is 12.6. The van der Waals surface area contributed by atoms with Crippen molar-refractivity contribution in [3.8, 4) is 0 Å². The molecule has 6 heteroatoms. The number of amides is 2. The molecule has 6 nitrogen and oxygen atoms in total.